The third-order valence-electron chi connectivity index (χ3n) is 2.72. The quantitative estimate of drug-likeness (QED) is 0.651. The Bertz CT molecular complexity index is 587. The summed E-state index contributed by atoms with van der Waals surface area (Å²) in [5.41, 5.74) is 1.23. The normalized spacial score (nSPS) is 10.6. The Morgan fingerprint density at radius 3 is 2.11 bits per heavy atom. The van der Waals surface area contributed by atoms with Crippen LogP contribution in [0.4, 0.5) is 23.2 Å². The fourth-order valence-electron chi connectivity index (χ4n) is 1.61. The van der Waals surface area contributed by atoms with Crippen LogP contribution in [0.1, 0.15) is 11.1 Å². The second-order valence-electron chi connectivity index (χ2n) is 4.19. The molecule has 0 saturated heterocycles. The summed E-state index contributed by atoms with van der Waals surface area (Å²) in [6, 6.07) is 6.34. The summed E-state index contributed by atoms with van der Waals surface area (Å²) in [6.45, 7) is 1.82. The van der Waals surface area contributed by atoms with E-state index < -0.39 is 17.5 Å². The van der Waals surface area contributed by atoms with Gasteiger partial charge in [0.2, 0.25) is 0 Å². The highest BCUT2D eigenvalue weighted by Gasteiger charge is 2.10. The molecule has 0 aliphatic heterocycles. The minimum absolute atomic E-state index is 0.0948. The number of halogens is 4. The molecule has 0 saturated carbocycles. The van der Waals surface area contributed by atoms with E-state index >= 15 is 0 Å². The minimum Gasteiger partial charge on any atom is -0.381 e. The summed E-state index contributed by atoms with van der Waals surface area (Å²) in [6.07, 6.45) is 0. The van der Waals surface area contributed by atoms with Gasteiger partial charge in [0.15, 0.2) is 17.5 Å². The lowest BCUT2D eigenvalue weighted by molar-refractivity contribution is 0.447. The van der Waals surface area contributed by atoms with Crippen molar-refractivity contribution in [2.45, 2.75) is 13.5 Å². The zero-order valence-corrected chi connectivity index (χ0v) is 10.1. The van der Waals surface area contributed by atoms with Crippen LogP contribution in [-0.2, 0) is 6.54 Å². The van der Waals surface area contributed by atoms with E-state index in [-0.39, 0.29) is 18.0 Å². The first-order valence-electron chi connectivity index (χ1n) is 5.61. The van der Waals surface area contributed by atoms with Crippen LogP contribution in [0.5, 0.6) is 0 Å². The number of aryl methyl sites for hydroxylation is 1. The van der Waals surface area contributed by atoms with Crippen molar-refractivity contribution in [3.8, 4) is 0 Å². The van der Waals surface area contributed by atoms with Gasteiger partial charge in [-0.3, -0.25) is 0 Å². The standard InChI is InChI=1S/C14H11F4N/c1-8-2-3-9(4-11(8)15)7-19-10-5-12(16)14(18)13(17)6-10/h2-6,19H,7H2,1H3. The van der Waals surface area contributed by atoms with E-state index in [1.807, 2.05) is 0 Å². The van der Waals surface area contributed by atoms with E-state index in [9.17, 15) is 17.6 Å². The van der Waals surface area contributed by atoms with Gasteiger partial charge in [-0.05, 0) is 24.1 Å². The molecule has 100 valence electrons. The van der Waals surface area contributed by atoms with Gasteiger partial charge in [0.1, 0.15) is 5.82 Å². The molecule has 2 aromatic carbocycles. The Morgan fingerprint density at radius 1 is 0.895 bits per heavy atom. The summed E-state index contributed by atoms with van der Waals surface area (Å²) in [5, 5.41) is 2.70. The molecular weight excluding hydrogens is 258 g/mol. The van der Waals surface area contributed by atoms with Gasteiger partial charge in [-0.2, -0.15) is 0 Å². The van der Waals surface area contributed by atoms with Gasteiger partial charge in [-0.1, -0.05) is 12.1 Å². The number of benzene rings is 2. The van der Waals surface area contributed by atoms with E-state index in [1.54, 1.807) is 19.1 Å². The zero-order chi connectivity index (χ0) is 14.0. The molecule has 0 aliphatic rings. The van der Waals surface area contributed by atoms with Crippen molar-refractivity contribution in [3.05, 3.63) is 64.7 Å². The van der Waals surface area contributed by atoms with E-state index in [1.165, 1.54) is 6.07 Å². The summed E-state index contributed by atoms with van der Waals surface area (Å²) < 4.78 is 52.0. The molecule has 0 spiro atoms. The Balaban J connectivity index is 2.12. The maximum atomic E-state index is 13.3. The smallest absolute Gasteiger partial charge is 0.194 e. The van der Waals surface area contributed by atoms with Crippen molar-refractivity contribution in [2.24, 2.45) is 0 Å². The number of hydrogen-bond donors (Lipinski definition) is 1. The molecule has 19 heavy (non-hydrogen) atoms. The van der Waals surface area contributed by atoms with Crippen LogP contribution in [0, 0.1) is 30.2 Å². The lowest BCUT2D eigenvalue weighted by Crippen LogP contribution is -2.02. The maximum absolute atomic E-state index is 13.3. The van der Waals surface area contributed by atoms with Gasteiger partial charge in [-0.25, -0.2) is 17.6 Å². The first-order chi connectivity index (χ1) is 8.97. The number of anilines is 1. The van der Waals surface area contributed by atoms with Gasteiger partial charge in [0.25, 0.3) is 0 Å². The largest absolute Gasteiger partial charge is 0.381 e. The van der Waals surface area contributed by atoms with Crippen molar-refractivity contribution < 1.29 is 17.6 Å². The predicted molar refractivity (Wildman–Crippen MR) is 64.8 cm³/mol. The van der Waals surface area contributed by atoms with Gasteiger partial charge in [0, 0.05) is 24.4 Å². The van der Waals surface area contributed by atoms with Crippen molar-refractivity contribution in [3.63, 3.8) is 0 Å². The lowest BCUT2D eigenvalue weighted by Gasteiger charge is -2.08. The number of rotatable bonds is 3. The molecule has 0 radical (unpaired) electrons. The highest BCUT2D eigenvalue weighted by Crippen LogP contribution is 2.18. The Morgan fingerprint density at radius 2 is 1.53 bits per heavy atom. The van der Waals surface area contributed by atoms with Crippen molar-refractivity contribution >= 4 is 5.69 Å². The Labute approximate surface area is 107 Å². The van der Waals surface area contributed by atoms with E-state index in [0.717, 1.165) is 12.1 Å². The van der Waals surface area contributed by atoms with Crippen LogP contribution in [0.25, 0.3) is 0 Å². The average molecular weight is 269 g/mol. The molecule has 0 heterocycles. The van der Waals surface area contributed by atoms with Gasteiger partial charge >= 0.3 is 0 Å². The topological polar surface area (TPSA) is 12.0 Å². The molecule has 0 amide bonds. The molecule has 1 N–H and O–H groups in total. The van der Waals surface area contributed by atoms with Crippen molar-refractivity contribution in [1.29, 1.82) is 0 Å². The predicted octanol–water partition coefficient (Wildman–Crippen LogP) is 4.16. The second-order valence-corrected chi connectivity index (χ2v) is 4.19. The van der Waals surface area contributed by atoms with Crippen LogP contribution >= 0.6 is 0 Å². The third kappa shape index (κ3) is 3.05. The molecule has 0 aliphatic carbocycles. The monoisotopic (exact) mass is 269 g/mol. The summed E-state index contributed by atoms with van der Waals surface area (Å²) in [7, 11) is 0. The summed E-state index contributed by atoms with van der Waals surface area (Å²) >= 11 is 0. The van der Waals surface area contributed by atoms with Crippen LogP contribution in [0.2, 0.25) is 0 Å². The summed E-state index contributed by atoms with van der Waals surface area (Å²) in [5.74, 6) is -4.39. The molecule has 2 rings (SSSR count). The molecule has 0 aromatic heterocycles. The van der Waals surface area contributed by atoms with Crippen molar-refractivity contribution in [1.82, 2.24) is 0 Å². The van der Waals surface area contributed by atoms with Crippen LogP contribution in [-0.4, -0.2) is 0 Å². The van der Waals surface area contributed by atoms with E-state index in [0.29, 0.717) is 11.1 Å². The molecule has 2 aromatic rings. The Kier molecular flexibility index (Phi) is 3.74. The minimum atomic E-state index is -1.51. The van der Waals surface area contributed by atoms with Gasteiger partial charge in [-0.15, -0.1) is 0 Å². The number of hydrogen-bond acceptors (Lipinski definition) is 1. The van der Waals surface area contributed by atoms with Gasteiger partial charge in [0.05, 0.1) is 0 Å². The van der Waals surface area contributed by atoms with E-state index in [2.05, 4.69) is 5.32 Å². The summed E-state index contributed by atoms with van der Waals surface area (Å²) in [4.78, 5) is 0. The first-order valence-corrected chi connectivity index (χ1v) is 5.61. The molecule has 0 bridgehead atoms. The van der Waals surface area contributed by atoms with Crippen LogP contribution in [0.3, 0.4) is 0 Å². The SMILES string of the molecule is Cc1ccc(CNc2cc(F)c(F)c(F)c2)cc1F. The molecular formula is C14H11F4N. The molecule has 0 unspecified atom stereocenters. The van der Waals surface area contributed by atoms with Crippen LogP contribution in [0.15, 0.2) is 30.3 Å². The van der Waals surface area contributed by atoms with E-state index in [4.69, 9.17) is 0 Å². The fourth-order valence-corrected chi connectivity index (χ4v) is 1.61. The first kappa shape index (κ1) is 13.4. The van der Waals surface area contributed by atoms with Crippen molar-refractivity contribution in [2.75, 3.05) is 5.32 Å². The molecule has 1 nitrogen and oxygen atoms in total. The average Bonchev–Trinajstić information content (AvgIpc) is 2.37. The molecule has 5 heteroatoms. The lowest BCUT2D eigenvalue weighted by atomic mass is 10.1. The fraction of sp³-hybridized carbons (Fsp3) is 0.143. The number of nitrogens with one attached hydrogen (secondary N) is 1. The second kappa shape index (κ2) is 5.30. The maximum Gasteiger partial charge on any atom is 0.194 e. The third-order valence-corrected chi connectivity index (χ3v) is 2.72. The zero-order valence-electron chi connectivity index (χ0n) is 10.1. The highest BCUT2D eigenvalue weighted by molar-refractivity contribution is 5.44. The van der Waals surface area contributed by atoms with Gasteiger partial charge < -0.3 is 5.32 Å². The Hall–Kier alpha value is -2.04. The molecule has 0 atom stereocenters. The molecule has 0 fully saturated rings. The van der Waals surface area contributed by atoms with Crippen LogP contribution < -0.4 is 5.32 Å². The highest BCUT2D eigenvalue weighted by atomic mass is 19.2.